The van der Waals surface area contributed by atoms with E-state index in [0.717, 1.165) is 0 Å². The van der Waals surface area contributed by atoms with E-state index in [9.17, 15) is 0 Å². The highest BCUT2D eigenvalue weighted by Gasteiger charge is 2.20. The van der Waals surface area contributed by atoms with Gasteiger partial charge < -0.3 is 16.9 Å². The molecule has 0 aliphatic carbocycles. The Morgan fingerprint density at radius 1 is 0.900 bits per heavy atom. The molecular formula is C17H30ClNS. The first kappa shape index (κ1) is 19.8. The number of nitrogens with zero attached hydrogens (tertiary/aromatic N) is 1. The Morgan fingerprint density at radius 3 is 1.75 bits per heavy atom. The van der Waals surface area contributed by atoms with E-state index in [1.165, 1.54) is 60.6 Å². The van der Waals surface area contributed by atoms with Crippen LogP contribution in [-0.4, -0.2) is 35.6 Å². The quantitative estimate of drug-likeness (QED) is 0.744. The monoisotopic (exact) mass is 315 g/mol. The fraction of sp³-hybridized carbons (Fsp3) is 0.647. The van der Waals surface area contributed by atoms with Crippen LogP contribution in [0.4, 0.5) is 0 Å². The summed E-state index contributed by atoms with van der Waals surface area (Å²) in [6.45, 7) is 11.7. The lowest BCUT2D eigenvalue weighted by atomic mass is 10.2. The smallest absolute Gasteiger partial charge is 0.104 e. The van der Waals surface area contributed by atoms with Crippen molar-refractivity contribution in [2.45, 2.75) is 40.2 Å². The van der Waals surface area contributed by atoms with Gasteiger partial charge in [-0.05, 0) is 45.1 Å². The van der Waals surface area contributed by atoms with Crippen LogP contribution in [0.15, 0.2) is 30.3 Å². The Labute approximate surface area is 136 Å². The van der Waals surface area contributed by atoms with E-state index in [1.807, 2.05) is 0 Å². The second-order valence-corrected chi connectivity index (χ2v) is 6.48. The number of hydrogen-bond acceptors (Lipinski definition) is 1. The molecule has 1 aliphatic heterocycles. The minimum atomic E-state index is 0. The minimum Gasteiger partial charge on any atom is -1.00 e. The first-order valence-electron chi connectivity index (χ1n) is 7.73. The highest BCUT2D eigenvalue weighted by Crippen LogP contribution is 2.15. The fourth-order valence-electron chi connectivity index (χ4n) is 2.49. The lowest BCUT2D eigenvalue weighted by molar-refractivity contribution is -0.936. The average molecular weight is 316 g/mol. The van der Waals surface area contributed by atoms with E-state index in [4.69, 9.17) is 0 Å². The van der Waals surface area contributed by atoms with Gasteiger partial charge in [0.25, 0.3) is 0 Å². The molecule has 1 nitrogen and oxygen atoms in total. The summed E-state index contributed by atoms with van der Waals surface area (Å²) >= 11 is 2.07. The highest BCUT2D eigenvalue weighted by atomic mass is 35.5. The Hall–Kier alpha value is -0.180. The summed E-state index contributed by atoms with van der Waals surface area (Å²) in [7, 11) is 0. The highest BCUT2D eigenvalue weighted by molar-refractivity contribution is 7.99. The maximum atomic E-state index is 2.29. The maximum Gasteiger partial charge on any atom is 0.104 e. The molecule has 1 heterocycles. The molecular weight excluding hydrogens is 286 g/mol. The number of quaternary nitrogens is 1. The molecule has 0 atom stereocenters. The van der Waals surface area contributed by atoms with Crippen molar-refractivity contribution < 1.29 is 16.9 Å². The summed E-state index contributed by atoms with van der Waals surface area (Å²) < 4.78 is 1.20. The lowest BCUT2D eigenvalue weighted by Crippen LogP contribution is -3.00. The number of hydrogen-bond donors (Lipinski definition) is 0. The number of halogens is 1. The van der Waals surface area contributed by atoms with Crippen molar-refractivity contribution >= 4 is 11.8 Å². The van der Waals surface area contributed by atoms with Gasteiger partial charge in [0.2, 0.25) is 0 Å². The zero-order valence-electron chi connectivity index (χ0n) is 13.3. The van der Waals surface area contributed by atoms with Crippen LogP contribution in [-0.2, 0) is 6.54 Å². The van der Waals surface area contributed by atoms with Crippen LogP contribution >= 0.6 is 11.8 Å². The van der Waals surface area contributed by atoms with Crippen molar-refractivity contribution in [2.24, 2.45) is 0 Å². The third kappa shape index (κ3) is 7.01. The van der Waals surface area contributed by atoms with Gasteiger partial charge in [-0.2, -0.15) is 11.8 Å². The van der Waals surface area contributed by atoms with Gasteiger partial charge in [-0.15, -0.1) is 0 Å². The van der Waals surface area contributed by atoms with Crippen LogP contribution in [0.3, 0.4) is 0 Å². The predicted octanol–water partition coefficient (Wildman–Crippen LogP) is 1.58. The third-order valence-corrected chi connectivity index (χ3v) is 5.36. The lowest BCUT2D eigenvalue weighted by Gasteiger charge is -2.35. The summed E-state index contributed by atoms with van der Waals surface area (Å²) in [6, 6.07) is 10.8. The van der Waals surface area contributed by atoms with Gasteiger partial charge in [0.05, 0.1) is 19.6 Å². The van der Waals surface area contributed by atoms with Gasteiger partial charge in [0, 0.05) is 5.56 Å². The number of rotatable bonds is 5. The molecule has 1 fully saturated rings. The molecule has 0 radical (unpaired) electrons. The molecule has 20 heavy (non-hydrogen) atoms. The van der Waals surface area contributed by atoms with Crippen LogP contribution in [0.1, 0.15) is 39.2 Å². The van der Waals surface area contributed by atoms with Gasteiger partial charge in [-0.25, -0.2) is 0 Å². The van der Waals surface area contributed by atoms with Crippen molar-refractivity contribution in [2.75, 3.05) is 31.1 Å². The molecule has 0 unspecified atom stereocenters. The van der Waals surface area contributed by atoms with E-state index in [2.05, 4.69) is 62.9 Å². The van der Waals surface area contributed by atoms with Crippen molar-refractivity contribution in [3.8, 4) is 0 Å². The Kier molecular flexibility index (Phi) is 11.4. The van der Waals surface area contributed by atoms with E-state index in [0.29, 0.717) is 0 Å². The molecule has 0 bridgehead atoms. The molecule has 1 aromatic carbocycles. The van der Waals surface area contributed by atoms with Gasteiger partial charge in [-0.1, -0.05) is 30.3 Å². The van der Waals surface area contributed by atoms with Crippen molar-refractivity contribution in [3.63, 3.8) is 0 Å². The Morgan fingerprint density at radius 2 is 1.40 bits per heavy atom. The Balaban J connectivity index is 0.000000507. The summed E-state index contributed by atoms with van der Waals surface area (Å²) in [4.78, 5) is 0. The largest absolute Gasteiger partial charge is 1.00 e. The molecule has 2 rings (SSSR count). The number of benzene rings is 1. The van der Waals surface area contributed by atoms with Gasteiger partial charge in [0.15, 0.2) is 0 Å². The second kappa shape index (κ2) is 11.5. The topological polar surface area (TPSA) is 0 Å². The van der Waals surface area contributed by atoms with Crippen LogP contribution < -0.4 is 12.4 Å². The molecule has 116 valence electrons. The summed E-state index contributed by atoms with van der Waals surface area (Å²) in [6.07, 6.45) is 2.93. The summed E-state index contributed by atoms with van der Waals surface area (Å²) in [5, 5.41) is 0. The zero-order chi connectivity index (χ0) is 14.0. The van der Waals surface area contributed by atoms with Crippen molar-refractivity contribution in [3.05, 3.63) is 35.9 Å². The van der Waals surface area contributed by atoms with E-state index >= 15 is 0 Å². The molecule has 1 saturated heterocycles. The van der Waals surface area contributed by atoms with E-state index in [1.54, 1.807) is 0 Å². The summed E-state index contributed by atoms with van der Waals surface area (Å²) in [5.41, 5.74) is 1.46. The summed E-state index contributed by atoms with van der Waals surface area (Å²) in [5.74, 6) is 2.83. The van der Waals surface area contributed by atoms with E-state index < -0.39 is 0 Å². The minimum absolute atomic E-state index is 0. The standard InChI is InChI=1S/C13H22N.C4H8S.ClH/c1-4-14(5-2,6-3)12-13-10-8-7-9-11-13;1-2-4-5-3-1;/h7-11H,4-6,12H2,1-3H3;1-4H2;1H/q+1;;/p-1. The number of thioether (sulfide) groups is 1. The van der Waals surface area contributed by atoms with Crippen molar-refractivity contribution in [1.82, 2.24) is 0 Å². The Bertz CT molecular complexity index is 305. The molecule has 0 amide bonds. The zero-order valence-corrected chi connectivity index (χ0v) is 14.8. The van der Waals surface area contributed by atoms with Crippen LogP contribution in [0, 0.1) is 0 Å². The average Bonchev–Trinajstić information content (AvgIpc) is 3.05. The SMILES string of the molecule is C1CCSC1.CC[N+](CC)(CC)Cc1ccccc1.[Cl-]. The van der Waals surface area contributed by atoms with Crippen LogP contribution in [0.25, 0.3) is 0 Å². The van der Waals surface area contributed by atoms with Crippen molar-refractivity contribution in [1.29, 1.82) is 0 Å². The predicted molar refractivity (Wildman–Crippen MR) is 88.6 cm³/mol. The first-order chi connectivity index (χ1) is 9.26. The van der Waals surface area contributed by atoms with E-state index in [-0.39, 0.29) is 12.4 Å². The molecule has 0 spiro atoms. The van der Waals surface area contributed by atoms with Crippen LogP contribution in [0.5, 0.6) is 0 Å². The first-order valence-corrected chi connectivity index (χ1v) is 8.88. The van der Waals surface area contributed by atoms with Gasteiger partial charge in [0.1, 0.15) is 6.54 Å². The third-order valence-electron chi connectivity index (χ3n) is 4.20. The maximum absolute atomic E-state index is 2.29. The molecule has 1 aromatic rings. The molecule has 3 heteroatoms. The normalized spacial score (nSPS) is 14.2. The molecule has 1 aliphatic rings. The molecule has 0 aromatic heterocycles. The fourth-order valence-corrected chi connectivity index (χ4v) is 3.51. The van der Waals surface area contributed by atoms with Gasteiger partial charge >= 0.3 is 0 Å². The second-order valence-electron chi connectivity index (χ2n) is 5.25. The van der Waals surface area contributed by atoms with Crippen LogP contribution in [0.2, 0.25) is 0 Å². The van der Waals surface area contributed by atoms with Gasteiger partial charge in [-0.3, -0.25) is 0 Å². The molecule has 0 saturated carbocycles. The molecule has 0 N–H and O–H groups in total.